The molecule has 0 aliphatic heterocycles. The molecule has 0 saturated heterocycles. The first-order chi connectivity index (χ1) is 7.02. The van der Waals surface area contributed by atoms with Gasteiger partial charge >= 0.3 is 5.97 Å². The number of Topliss-reactive ketones (excluding diaryl/α,β-unsaturated/α-hetero) is 1. The molecule has 15 heavy (non-hydrogen) atoms. The molecule has 0 aromatic heterocycles. The first-order valence-corrected chi connectivity index (χ1v) is 4.23. The number of hydrogen-bond donors (Lipinski definition) is 3. The Bertz CT molecular complexity index is 389. The number of phenols is 1. The van der Waals surface area contributed by atoms with E-state index in [0.29, 0.717) is 0 Å². The lowest BCUT2D eigenvalue weighted by Crippen LogP contribution is -2.32. The number of carbonyl (C=O) groups excluding carboxylic acids is 1. The van der Waals surface area contributed by atoms with Gasteiger partial charge in [-0.1, -0.05) is 12.1 Å². The Balaban J connectivity index is 2.85. The predicted molar refractivity (Wildman–Crippen MR) is 51.5 cm³/mol. The fourth-order valence-corrected chi connectivity index (χ4v) is 1.11. The van der Waals surface area contributed by atoms with E-state index in [1.807, 2.05) is 0 Å². The Morgan fingerprint density at radius 3 is 2.73 bits per heavy atom. The first kappa shape index (κ1) is 11.2. The molecule has 1 atom stereocenters. The highest BCUT2D eigenvalue weighted by molar-refractivity contribution is 6.03. The molecule has 4 N–H and O–H groups in total. The van der Waals surface area contributed by atoms with Gasteiger partial charge in [0.15, 0.2) is 5.78 Å². The number of aliphatic carboxylic acids is 1. The molecule has 0 heterocycles. The lowest BCUT2D eigenvalue weighted by molar-refractivity contribution is -0.137. The summed E-state index contributed by atoms with van der Waals surface area (Å²) in [4.78, 5) is 21.9. The van der Waals surface area contributed by atoms with E-state index in [1.54, 1.807) is 0 Å². The molecule has 0 spiro atoms. The summed E-state index contributed by atoms with van der Waals surface area (Å²) in [5, 5.41) is 17.7. The Morgan fingerprint density at radius 1 is 1.53 bits per heavy atom. The SMILES string of the molecule is N[C@@H](CC(=O)O)C(=O)c1ccc[c]c1O. The number of carboxylic acid groups (broad SMARTS) is 1. The third kappa shape index (κ3) is 2.78. The summed E-state index contributed by atoms with van der Waals surface area (Å²) >= 11 is 0. The zero-order valence-electron chi connectivity index (χ0n) is 7.80. The second-order valence-electron chi connectivity index (χ2n) is 3.00. The van der Waals surface area contributed by atoms with Gasteiger partial charge in [0.25, 0.3) is 0 Å². The zero-order chi connectivity index (χ0) is 11.4. The number of benzene rings is 1. The Labute approximate surface area is 86.1 Å². The quantitative estimate of drug-likeness (QED) is 0.612. The topological polar surface area (TPSA) is 101 Å². The van der Waals surface area contributed by atoms with Gasteiger partial charge in [-0.05, 0) is 6.07 Å². The zero-order valence-corrected chi connectivity index (χ0v) is 7.80. The van der Waals surface area contributed by atoms with Crippen LogP contribution >= 0.6 is 0 Å². The predicted octanol–water partition coefficient (Wildman–Crippen LogP) is 0.177. The molecule has 79 valence electrons. The minimum Gasteiger partial charge on any atom is -0.507 e. The van der Waals surface area contributed by atoms with Crippen LogP contribution in [-0.4, -0.2) is 28.0 Å². The third-order valence-corrected chi connectivity index (χ3v) is 1.83. The molecule has 5 nitrogen and oxygen atoms in total. The van der Waals surface area contributed by atoms with E-state index < -0.39 is 24.2 Å². The van der Waals surface area contributed by atoms with E-state index in [4.69, 9.17) is 10.8 Å². The van der Waals surface area contributed by atoms with Crippen molar-refractivity contribution in [3.8, 4) is 5.75 Å². The van der Waals surface area contributed by atoms with Crippen LogP contribution in [0.25, 0.3) is 0 Å². The first-order valence-electron chi connectivity index (χ1n) is 4.23. The summed E-state index contributed by atoms with van der Waals surface area (Å²) in [5.74, 6) is -2.08. The van der Waals surface area contributed by atoms with E-state index in [-0.39, 0.29) is 11.3 Å². The maximum atomic E-state index is 11.5. The summed E-state index contributed by atoms with van der Waals surface area (Å²) in [6.07, 6.45) is -0.465. The van der Waals surface area contributed by atoms with Gasteiger partial charge in [0.05, 0.1) is 18.0 Å². The average Bonchev–Trinajstić information content (AvgIpc) is 2.16. The Kier molecular flexibility index (Phi) is 3.41. The number of carbonyl (C=O) groups is 2. The van der Waals surface area contributed by atoms with E-state index in [0.717, 1.165) is 0 Å². The summed E-state index contributed by atoms with van der Waals surface area (Å²) in [5.41, 5.74) is 5.36. The van der Waals surface area contributed by atoms with Crippen molar-refractivity contribution >= 4 is 11.8 Å². The molecule has 0 saturated carbocycles. The summed E-state index contributed by atoms with van der Waals surface area (Å²) < 4.78 is 0. The van der Waals surface area contributed by atoms with Gasteiger partial charge in [-0.2, -0.15) is 0 Å². The lowest BCUT2D eigenvalue weighted by Gasteiger charge is -2.08. The van der Waals surface area contributed by atoms with Gasteiger partial charge < -0.3 is 15.9 Å². The van der Waals surface area contributed by atoms with Gasteiger partial charge in [-0.15, -0.1) is 0 Å². The van der Waals surface area contributed by atoms with Crippen molar-refractivity contribution in [2.24, 2.45) is 5.73 Å². The second kappa shape index (κ2) is 4.56. The highest BCUT2D eigenvalue weighted by Gasteiger charge is 2.20. The van der Waals surface area contributed by atoms with Crippen molar-refractivity contribution in [3.63, 3.8) is 0 Å². The fraction of sp³-hybridized carbons (Fsp3) is 0.200. The lowest BCUT2D eigenvalue weighted by atomic mass is 10.0. The maximum Gasteiger partial charge on any atom is 0.305 e. The van der Waals surface area contributed by atoms with Crippen LogP contribution in [0.4, 0.5) is 0 Å². The number of rotatable bonds is 4. The van der Waals surface area contributed by atoms with Crippen LogP contribution in [0.2, 0.25) is 0 Å². The number of phenolic OH excluding ortho intramolecular Hbond substituents is 1. The highest BCUT2D eigenvalue weighted by atomic mass is 16.4. The van der Waals surface area contributed by atoms with Crippen molar-refractivity contribution < 1.29 is 19.8 Å². The van der Waals surface area contributed by atoms with Gasteiger partial charge in [0, 0.05) is 6.07 Å². The largest absolute Gasteiger partial charge is 0.507 e. The molecule has 0 bridgehead atoms. The summed E-state index contributed by atoms with van der Waals surface area (Å²) in [7, 11) is 0. The maximum absolute atomic E-state index is 11.5. The molecule has 5 heteroatoms. The Hall–Kier alpha value is -1.88. The van der Waals surface area contributed by atoms with Crippen LogP contribution in [0, 0.1) is 6.07 Å². The number of para-hydroxylation sites is 1. The van der Waals surface area contributed by atoms with Crippen molar-refractivity contribution in [1.82, 2.24) is 0 Å². The molecule has 0 aliphatic carbocycles. The van der Waals surface area contributed by atoms with Gasteiger partial charge in [0.1, 0.15) is 5.75 Å². The number of carboxylic acids is 1. The van der Waals surface area contributed by atoms with Crippen molar-refractivity contribution in [2.75, 3.05) is 0 Å². The van der Waals surface area contributed by atoms with E-state index in [2.05, 4.69) is 6.07 Å². The van der Waals surface area contributed by atoms with Crippen LogP contribution in [0.15, 0.2) is 18.2 Å². The monoisotopic (exact) mass is 208 g/mol. The summed E-state index contributed by atoms with van der Waals surface area (Å²) in [6.45, 7) is 0. The molecular weight excluding hydrogens is 198 g/mol. The molecule has 1 aromatic rings. The molecule has 0 fully saturated rings. The number of aromatic hydroxyl groups is 1. The Morgan fingerprint density at radius 2 is 2.20 bits per heavy atom. The van der Waals surface area contributed by atoms with E-state index in [1.165, 1.54) is 18.2 Å². The van der Waals surface area contributed by atoms with Gasteiger partial charge in [-0.25, -0.2) is 0 Å². The second-order valence-corrected chi connectivity index (χ2v) is 3.00. The molecule has 0 unspecified atom stereocenters. The molecule has 0 aliphatic rings. The molecule has 0 amide bonds. The minimum atomic E-state index is -1.16. The van der Waals surface area contributed by atoms with Gasteiger partial charge in [-0.3, -0.25) is 9.59 Å². The number of nitrogens with two attached hydrogens (primary N) is 1. The number of hydrogen-bond acceptors (Lipinski definition) is 4. The average molecular weight is 208 g/mol. The minimum absolute atomic E-state index is 0.00810. The van der Waals surface area contributed by atoms with E-state index >= 15 is 0 Å². The molecule has 1 aromatic carbocycles. The van der Waals surface area contributed by atoms with Crippen LogP contribution in [-0.2, 0) is 4.79 Å². The number of ketones is 1. The normalized spacial score (nSPS) is 12.1. The fourth-order valence-electron chi connectivity index (χ4n) is 1.11. The third-order valence-electron chi connectivity index (χ3n) is 1.83. The molecule has 1 radical (unpaired) electrons. The van der Waals surface area contributed by atoms with Gasteiger partial charge in [0.2, 0.25) is 0 Å². The summed E-state index contributed by atoms with van der Waals surface area (Å²) in [6, 6.07) is 5.60. The molecular formula is C10H10NO4. The van der Waals surface area contributed by atoms with E-state index in [9.17, 15) is 14.7 Å². The molecule has 1 rings (SSSR count). The van der Waals surface area contributed by atoms with Crippen LogP contribution < -0.4 is 5.73 Å². The van der Waals surface area contributed by atoms with Crippen LogP contribution in [0.5, 0.6) is 5.75 Å². The van der Waals surface area contributed by atoms with Crippen molar-refractivity contribution in [2.45, 2.75) is 12.5 Å². The van der Waals surface area contributed by atoms with Crippen molar-refractivity contribution in [3.05, 3.63) is 29.8 Å². The van der Waals surface area contributed by atoms with Crippen LogP contribution in [0.1, 0.15) is 16.8 Å². The van der Waals surface area contributed by atoms with Crippen molar-refractivity contribution in [1.29, 1.82) is 0 Å². The highest BCUT2D eigenvalue weighted by Crippen LogP contribution is 2.17. The van der Waals surface area contributed by atoms with Crippen LogP contribution in [0.3, 0.4) is 0 Å². The smallest absolute Gasteiger partial charge is 0.305 e. The standard InChI is InChI=1S/C10H10NO4/c11-7(5-9(13)14)10(15)6-3-1-2-4-8(6)12/h1-3,7,12H,5,11H2,(H,13,14)/t7-/m0/s1.